The maximum atomic E-state index is 11.9. The number of nitrogens with one attached hydrogen (secondary N) is 1. The lowest BCUT2D eigenvalue weighted by atomic mass is 10.0. The molecule has 0 saturated heterocycles. The lowest BCUT2D eigenvalue weighted by Crippen LogP contribution is -2.35. The van der Waals surface area contributed by atoms with Gasteiger partial charge in [0.2, 0.25) is 0 Å². The molecule has 5 nitrogen and oxygen atoms in total. The van der Waals surface area contributed by atoms with Crippen molar-refractivity contribution in [1.29, 1.82) is 0 Å². The first-order chi connectivity index (χ1) is 10.1. The Bertz CT molecular complexity index is 552. The number of alkyl carbamates (subject to hydrolysis) is 1. The van der Waals surface area contributed by atoms with E-state index in [0.29, 0.717) is 0 Å². The lowest BCUT2D eigenvalue weighted by Gasteiger charge is -2.23. The van der Waals surface area contributed by atoms with Crippen LogP contribution in [0.2, 0.25) is 0 Å². The number of rotatable bonds is 5. The molecule has 122 valence electrons. The normalized spacial score (nSPS) is 12.6. The van der Waals surface area contributed by atoms with Crippen LogP contribution in [-0.2, 0) is 16.0 Å². The largest absolute Gasteiger partial charge is 0.481 e. The second-order valence-corrected chi connectivity index (χ2v) is 6.86. The molecule has 0 aliphatic heterocycles. The molecule has 22 heavy (non-hydrogen) atoms. The fraction of sp³-hybridized carbons (Fsp3) is 0.500. The van der Waals surface area contributed by atoms with Gasteiger partial charge in [-0.15, -0.1) is 0 Å². The summed E-state index contributed by atoms with van der Waals surface area (Å²) >= 11 is 3.47. The summed E-state index contributed by atoms with van der Waals surface area (Å²) in [6.07, 6.45) is 0.0237. The maximum Gasteiger partial charge on any atom is 0.408 e. The van der Waals surface area contributed by atoms with Crippen LogP contribution in [0.15, 0.2) is 22.7 Å². The summed E-state index contributed by atoms with van der Waals surface area (Å²) in [5.41, 5.74) is 1.21. The number of carboxylic acid groups (broad SMARTS) is 1. The van der Waals surface area contributed by atoms with E-state index in [1.54, 1.807) is 20.8 Å². The Morgan fingerprint density at radius 2 is 2.00 bits per heavy atom. The van der Waals surface area contributed by atoms with Crippen LogP contribution in [0.1, 0.15) is 51.3 Å². The molecule has 6 heteroatoms. The molecule has 0 aliphatic carbocycles. The molecule has 1 atom stereocenters. The van der Waals surface area contributed by atoms with E-state index in [-0.39, 0.29) is 6.42 Å². The molecule has 1 aromatic carbocycles. The molecule has 1 rings (SSSR count). The first-order valence-electron chi connectivity index (χ1n) is 7.12. The predicted molar refractivity (Wildman–Crippen MR) is 87.9 cm³/mol. The van der Waals surface area contributed by atoms with Crippen LogP contribution in [0.3, 0.4) is 0 Å². The minimum Gasteiger partial charge on any atom is -0.481 e. The molecule has 0 bridgehead atoms. The van der Waals surface area contributed by atoms with Gasteiger partial charge in [-0.2, -0.15) is 0 Å². The Hall–Kier alpha value is -1.56. The van der Waals surface area contributed by atoms with Gasteiger partial charge in [-0.25, -0.2) is 4.79 Å². The van der Waals surface area contributed by atoms with Crippen molar-refractivity contribution >= 4 is 28.0 Å². The smallest absolute Gasteiger partial charge is 0.408 e. The first-order valence-corrected chi connectivity index (χ1v) is 7.91. The predicted octanol–water partition coefficient (Wildman–Crippen LogP) is 4.05. The maximum absolute atomic E-state index is 11.9. The van der Waals surface area contributed by atoms with Crippen molar-refractivity contribution in [2.45, 2.75) is 52.2 Å². The van der Waals surface area contributed by atoms with Crippen LogP contribution in [0, 0.1) is 0 Å². The van der Waals surface area contributed by atoms with Crippen molar-refractivity contribution in [2.24, 2.45) is 0 Å². The SMILES string of the molecule is CCc1ccc(C(CC(=O)O)NC(=O)OC(C)(C)C)cc1Br. The van der Waals surface area contributed by atoms with Crippen molar-refractivity contribution < 1.29 is 19.4 Å². The molecule has 2 N–H and O–H groups in total. The van der Waals surface area contributed by atoms with Gasteiger partial charge in [0.25, 0.3) is 0 Å². The Kier molecular flexibility index (Phi) is 6.41. The van der Waals surface area contributed by atoms with Crippen LogP contribution in [0.25, 0.3) is 0 Å². The zero-order chi connectivity index (χ0) is 16.9. The molecule has 0 spiro atoms. The Labute approximate surface area is 139 Å². The first kappa shape index (κ1) is 18.5. The third-order valence-electron chi connectivity index (χ3n) is 2.93. The molecule has 0 saturated carbocycles. The molecular weight excluding hydrogens is 350 g/mol. The van der Waals surface area contributed by atoms with Gasteiger partial charge in [-0.05, 0) is 44.4 Å². The molecule has 0 aliphatic rings. The highest BCUT2D eigenvalue weighted by atomic mass is 79.9. The molecule has 0 fully saturated rings. The molecule has 1 unspecified atom stereocenters. The van der Waals surface area contributed by atoms with Crippen molar-refractivity contribution in [3.63, 3.8) is 0 Å². The fourth-order valence-corrected chi connectivity index (χ4v) is 2.62. The van der Waals surface area contributed by atoms with Gasteiger partial charge in [0.15, 0.2) is 0 Å². The van der Waals surface area contributed by atoms with E-state index in [9.17, 15) is 9.59 Å². The van der Waals surface area contributed by atoms with Gasteiger partial charge in [-0.1, -0.05) is 35.0 Å². The molecule has 1 aromatic rings. The Morgan fingerprint density at radius 3 is 2.45 bits per heavy atom. The third-order valence-corrected chi connectivity index (χ3v) is 3.67. The standard InChI is InChI=1S/C16H22BrNO4/c1-5-10-6-7-11(8-12(10)17)13(9-14(19)20)18-15(21)22-16(2,3)4/h6-8,13H,5,9H2,1-4H3,(H,18,21)(H,19,20). The summed E-state index contributed by atoms with van der Waals surface area (Å²) in [4.78, 5) is 22.9. The number of carbonyl (C=O) groups is 2. The van der Waals surface area contributed by atoms with Gasteiger partial charge in [0.1, 0.15) is 5.60 Å². The van der Waals surface area contributed by atoms with Gasteiger partial charge in [-0.3, -0.25) is 4.79 Å². The lowest BCUT2D eigenvalue weighted by molar-refractivity contribution is -0.137. The molecular formula is C16H22BrNO4. The van der Waals surface area contributed by atoms with Gasteiger partial charge >= 0.3 is 12.1 Å². The van der Waals surface area contributed by atoms with Gasteiger partial charge in [0.05, 0.1) is 12.5 Å². The van der Waals surface area contributed by atoms with Crippen molar-refractivity contribution in [3.8, 4) is 0 Å². The van der Waals surface area contributed by atoms with E-state index in [0.717, 1.165) is 22.0 Å². The third kappa shape index (κ3) is 6.05. The molecule has 1 amide bonds. The quantitative estimate of drug-likeness (QED) is 0.818. The summed E-state index contributed by atoms with van der Waals surface area (Å²) in [7, 11) is 0. The Morgan fingerprint density at radius 1 is 1.36 bits per heavy atom. The second kappa shape index (κ2) is 7.63. The number of benzene rings is 1. The van der Waals surface area contributed by atoms with E-state index >= 15 is 0 Å². The number of carboxylic acids is 1. The van der Waals surface area contributed by atoms with E-state index in [1.165, 1.54) is 0 Å². The summed E-state index contributed by atoms with van der Waals surface area (Å²) in [5.74, 6) is -0.989. The van der Waals surface area contributed by atoms with Gasteiger partial charge in [0, 0.05) is 4.47 Å². The monoisotopic (exact) mass is 371 g/mol. The van der Waals surface area contributed by atoms with Gasteiger partial charge < -0.3 is 15.2 Å². The van der Waals surface area contributed by atoms with Crippen molar-refractivity contribution in [3.05, 3.63) is 33.8 Å². The summed E-state index contributed by atoms with van der Waals surface area (Å²) in [6.45, 7) is 7.30. The minimum atomic E-state index is -0.989. The topological polar surface area (TPSA) is 75.6 Å². The van der Waals surface area contributed by atoms with E-state index in [4.69, 9.17) is 9.84 Å². The average molecular weight is 372 g/mol. The van der Waals surface area contributed by atoms with Crippen LogP contribution in [0.5, 0.6) is 0 Å². The molecule has 0 radical (unpaired) electrons. The average Bonchev–Trinajstić information content (AvgIpc) is 2.35. The number of halogens is 1. The number of carbonyl (C=O) groups excluding carboxylic acids is 1. The number of amides is 1. The zero-order valence-electron chi connectivity index (χ0n) is 13.3. The second-order valence-electron chi connectivity index (χ2n) is 6.00. The van der Waals surface area contributed by atoms with Crippen LogP contribution in [-0.4, -0.2) is 22.8 Å². The van der Waals surface area contributed by atoms with E-state index < -0.39 is 23.7 Å². The summed E-state index contributed by atoms with van der Waals surface area (Å²) in [5, 5.41) is 11.7. The highest BCUT2D eigenvalue weighted by Crippen LogP contribution is 2.25. The fourth-order valence-electron chi connectivity index (χ4n) is 1.94. The van der Waals surface area contributed by atoms with Crippen LogP contribution >= 0.6 is 15.9 Å². The Balaban J connectivity index is 2.95. The van der Waals surface area contributed by atoms with Crippen LogP contribution < -0.4 is 5.32 Å². The van der Waals surface area contributed by atoms with E-state index in [1.807, 2.05) is 25.1 Å². The van der Waals surface area contributed by atoms with E-state index in [2.05, 4.69) is 21.2 Å². The number of ether oxygens (including phenoxy) is 1. The number of hydrogen-bond acceptors (Lipinski definition) is 3. The van der Waals surface area contributed by atoms with Crippen molar-refractivity contribution in [1.82, 2.24) is 5.32 Å². The number of aliphatic carboxylic acids is 1. The molecule has 0 aromatic heterocycles. The zero-order valence-corrected chi connectivity index (χ0v) is 14.9. The van der Waals surface area contributed by atoms with Crippen LogP contribution in [0.4, 0.5) is 4.79 Å². The number of aryl methyl sites for hydroxylation is 1. The summed E-state index contributed by atoms with van der Waals surface area (Å²) in [6, 6.07) is 4.94. The number of hydrogen-bond donors (Lipinski definition) is 2. The highest BCUT2D eigenvalue weighted by Gasteiger charge is 2.22. The minimum absolute atomic E-state index is 0.211. The highest BCUT2D eigenvalue weighted by molar-refractivity contribution is 9.10. The molecule has 0 heterocycles. The van der Waals surface area contributed by atoms with Crippen molar-refractivity contribution in [2.75, 3.05) is 0 Å². The summed E-state index contributed by atoms with van der Waals surface area (Å²) < 4.78 is 6.09.